The molecule has 0 radical (unpaired) electrons. The third-order valence-corrected chi connectivity index (χ3v) is 4.30. The van der Waals surface area contributed by atoms with E-state index in [-0.39, 0.29) is 5.82 Å². The zero-order chi connectivity index (χ0) is 16.7. The van der Waals surface area contributed by atoms with Crippen LogP contribution in [-0.4, -0.2) is 27.8 Å². The van der Waals surface area contributed by atoms with Gasteiger partial charge >= 0.3 is 0 Å². The molecule has 0 saturated heterocycles. The number of carbonyl (C=O) groups excluding carboxylic acids is 1. The molecule has 1 N–H and O–H groups in total. The van der Waals surface area contributed by atoms with Gasteiger partial charge < -0.3 is 9.72 Å². The topological polar surface area (TPSA) is 67.9 Å². The Labute approximate surface area is 137 Å². The lowest BCUT2D eigenvalue weighted by Crippen LogP contribution is -2.01. The number of rotatable bonds is 5. The minimum absolute atomic E-state index is 0.366. The van der Waals surface area contributed by atoms with Crippen LogP contribution in [0.3, 0.4) is 0 Å². The van der Waals surface area contributed by atoms with Gasteiger partial charge in [0.25, 0.3) is 0 Å². The summed E-state index contributed by atoms with van der Waals surface area (Å²) in [4.78, 5) is 22.9. The van der Waals surface area contributed by atoms with Crippen molar-refractivity contribution >= 4 is 17.3 Å². The predicted molar refractivity (Wildman–Crippen MR) is 87.6 cm³/mol. The Morgan fingerprint density at radius 3 is 2.96 bits per heavy atom. The van der Waals surface area contributed by atoms with Gasteiger partial charge in [-0.3, -0.25) is 4.79 Å². The molecule has 1 aromatic carbocycles. The number of nitrogens with zero attached hydrogens (tertiary/aromatic N) is 2. The molecule has 0 amide bonds. The minimum Gasteiger partial charge on any atom is -0.493 e. The first kappa shape index (κ1) is 14.8. The minimum atomic E-state index is -0.366. The van der Waals surface area contributed by atoms with Gasteiger partial charge in [0.1, 0.15) is 29.1 Å². The Balaban J connectivity index is 1.87. The van der Waals surface area contributed by atoms with Crippen LogP contribution >= 0.6 is 0 Å². The molecule has 1 aliphatic rings. The lowest BCUT2D eigenvalue weighted by atomic mass is 10.1. The van der Waals surface area contributed by atoms with Crippen molar-refractivity contribution in [2.75, 3.05) is 6.61 Å². The molecule has 0 unspecified atom stereocenters. The fourth-order valence-corrected chi connectivity index (χ4v) is 2.79. The van der Waals surface area contributed by atoms with E-state index < -0.39 is 0 Å². The highest BCUT2D eigenvalue weighted by molar-refractivity contribution is 6.01. The quantitative estimate of drug-likeness (QED) is 0.727. The van der Waals surface area contributed by atoms with Crippen LogP contribution in [0.5, 0.6) is 5.75 Å². The highest BCUT2D eigenvalue weighted by atomic mass is 19.1. The summed E-state index contributed by atoms with van der Waals surface area (Å²) < 4.78 is 19.7. The van der Waals surface area contributed by atoms with Gasteiger partial charge in [-0.25, -0.2) is 14.4 Å². The van der Waals surface area contributed by atoms with Gasteiger partial charge in [-0.1, -0.05) is 0 Å². The maximum absolute atomic E-state index is 13.8. The molecule has 122 valence electrons. The molecule has 24 heavy (non-hydrogen) atoms. The van der Waals surface area contributed by atoms with E-state index in [4.69, 9.17) is 4.74 Å². The van der Waals surface area contributed by atoms with Crippen LogP contribution in [0, 0.1) is 18.7 Å². The van der Waals surface area contributed by atoms with Crippen molar-refractivity contribution in [1.29, 1.82) is 0 Å². The van der Waals surface area contributed by atoms with Gasteiger partial charge in [-0.2, -0.15) is 0 Å². The van der Waals surface area contributed by atoms with Gasteiger partial charge in [-0.05, 0) is 43.9 Å². The van der Waals surface area contributed by atoms with Crippen molar-refractivity contribution in [3.05, 3.63) is 41.6 Å². The largest absolute Gasteiger partial charge is 0.493 e. The second-order valence-corrected chi connectivity index (χ2v) is 6.12. The number of hydrogen-bond acceptors (Lipinski definition) is 4. The van der Waals surface area contributed by atoms with Crippen LogP contribution in [-0.2, 0) is 0 Å². The van der Waals surface area contributed by atoms with Crippen molar-refractivity contribution in [2.24, 2.45) is 5.92 Å². The molecule has 2 aromatic heterocycles. The summed E-state index contributed by atoms with van der Waals surface area (Å²) in [6.07, 6.45) is 4.49. The van der Waals surface area contributed by atoms with Crippen LogP contribution < -0.4 is 4.74 Å². The number of halogens is 1. The fourth-order valence-electron chi connectivity index (χ4n) is 2.79. The number of aldehydes is 1. The van der Waals surface area contributed by atoms with E-state index in [0.717, 1.165) is 6.29 Å². The number of aromatic amines is 1. The molecule has 5 nitrogen and oxygen atoms in total. The Hall–Kier alpha value is -2.76. The van der Waals surface area contributed by atoms with E-state index in [1.165, 1.54) is 31.3 Å². The van der Waals surface area contributed by atoms with E-state index in [1.807, 2.05) is 0 Å². The Bertz CT molecular complexity index is 931. The summed E-state index contributed by atoms with van der Waals surface area (Å²) in [5, 5.41) is 0. The van der Waals surface area contributed by atoms with Crippen molar-refractivity contribution in [3.8, 4) is 17.0 Å². The van der Waals surface area contributed by atoms with Crippen molar-refractivity contribution < 1.29 is 13.9 Å². The summed E-state index contributed by atoms with van der Waals surface area (Å²) >= 11 is 0. The second-order valence-electron chi connectivity index (χ2n) is 6.12. The molecule has 1 aliphatic carbocycles. The SMILES string of the molecule is Cc1[nH]c2c(-c3cc(F)ccc3OCC3CC3)ncnc2c1C=O. The molecule has 0 bridgehead atoms. The van der Waals surface area contributed by atoms with Gasteiger partial charge in [-0.15, -0.1) is 0 Å². The summed E-state index contributed by atoms with van der Waals surface area (Å²) in [6.45, 7) is 2.42. The number of H-pyrrole nitrogens is 1. The lowest BCUT2D eigenvalue weighted by molar-refractivity contribution is 0.112. The van der Waals surface area contributed by atoms with Crippen molar-refractivity contribution in [2.45, 2.75) is 19.8 Å². The first-order valence-electron chi connectivity index (χ1n) is 7.88. The molecule has 0 atom stereocenters. The first-order valence-corrected chi connectivity index (χ1v) is 7.88. The molecular formula is C18H16FN3O2. The number of benzene rings is 1. The number of aromatic nitrogens is 3. The standard InChI is InChI=1S/C18H16FN3O2/c1-10-14(7-23)17-18(22-10)16(20-9-21-17)13-6-12(19)4-5-15(13)24-8-11-2-3-11/h4-7,9,11,22H,2-3,8H2,1H3. The summed E-state index contributed by atoms with van der Waals surface area (Å²) in [7, 11) is 0. The Morgan fingerprint density at radius 1 is 1.38 bits per heavy atom. The normalized spacial score (nSPS) is 14.1. The molecule has 0 spiro atoms. The Morgan fingerprint density at radius 2 is 2.21 bits per heavy atom. The monoisotopic (exact) mass is 325 g/mol. The zero-order valence-electron chi connectivity index (χ0n) is 13.2. The average Bonchev–Trinajstić information content (AvgIpc) is 3.34. The Kier molecular flexibility index (Phi) is 3.52. The molecule has 1 saturated carbocycles. The number of fused-ring (bicyclic) bond motifs is 1. The van der Waals surface area contributed by atoms with Crippen LogP contribution in [0.15, 0.2) is 24.5 Å². The highest BCUT2D eigenvalue weighted by Gasteiger charge is 2.23. The van der Waals surface area contributed by atoms with E-state index >= 15 is 0 Å². The predicted octanol–water partition coefficient (Wildman–Crippen LogP) is 3.67. The number of ether oxygens (including phenoxy) is 1. The van der Waals surface area contributed by atoms with Gasteiger partial charge in [0, 0.05) is 11.3 Å². The van der Waals surface area contributed by atoms with Crippen LogP contribution in [0.1, 0.15) is 28.9 Å². The smallest absolute Gasteiger partial charge is 0.154 e. The lowest BCUT2D eigenvalue weighted by Gasteiger charge is -2.11. The zero-order valence-corrected chi connectivity index (χ0v) is 13.2. The van der Waals surface area contributed by atoms with Crippen LogP contribution in [0.2, 0.25) is 0 Å². The van der Waals surface area contributed by atoms with Gasteiger partial charge in [0.15, 0.2) is 6.29 Å². The summed E-state index contributed by atoms with van der Waals surface area (Å²) in [6, 6.07) is 4.40. The van der Waals surface area contributed by atoms with Gasteiger partial charge in [0.05, 0.1) is 17.7 Å². The maximum atomic E-state index is 13.8. The van der Waals surface area contributed by atoms with Gasteiger partial charge in [0.2, 0.25) is 0 Å². The molecule has 2 heterocycles. The van der Waals surface area contributed by atoms with Crippen LogP contribution in [0.4, 0.5) is 4.39 Å². The summed E-state index contributed by atoms with van der Waals surface area (Å²) in [5.74, 6) is 0.806. The third-order valence-electron chi connectivity index (χ3n) is 4.30. The van der Waals surface area contributed by atoms with E-state index in [2.05, 4.69) is 15.0 Å². The highest BCUT2D eigenvalue weighted by Crippen LogP contribution is 2.36. The van der Waals surface area contributed by atoms with E-state index in [0.29, 0.717) is 51.8 Å². The molecule has 6 heteroatoms. The third kappa shape index (κ3) is 2.54. The number of carbonyl (C=O) groups is 1. The number of nitrogens with one attached hydrogen (secondary N) is 1. The van der Waals surface area contributed by atoms with E-state index in [1.54, 1.807) is 13.0 Å². The van der Waals surface area contributed by atoms with E-state index in [9.17, 15) is 9.18 Å². The first-order chi connectivity index (χ1) is 11.7. The number of aryl methyl sites for hydroxylation is 1. The molecular weight excluding hydrogens is 309 g/mol. The van der Waals surface area contributed by atoms with Crippen molar-refractivity contribution in [3.63, 3.8) is 0 Å². The average molecular weight is 325 g/mol. The maximum Gasteiger partial charge on any atom is 0.154 e. The van der Waals surface area contributed by atoms with Crippen LogP contribution in [0.25, 0.3) is 22.3 Å². The molecule has 4 rings (SSSR count). The molecule has 3 aromatic rings. The fraction of sp³-hybridized carbons (Fsp3) is 0.278. The second kappa shape index (κ2) is 5.70. The van der Waals surface area contributed by atoms with Crippen molar-refractivity contribution in [1.82, 2.24) is 15.0 Å². The molecule has 0 aliphatic heterocycles. The molecule has 1 fully saturated rings. The summed E-state index contributed by atoms with van der Waals surface area (Å²) in [5.41, 5.74) is 3.43. The number of hydrogen-bond donors (Lipinski definition) is 1.